The maximum absolute atomic E-state index is 13.7. The number of fused-ring (bicyclic) bond motifs is 2. The third-order valence-electron chi connectivity index (χ3n) is 7.06. The molecule has 1 aromatic carbocycles. The van der Waals surface area contributed by atoms with Gasteiger partial charge in [-0.05, 0) is 41.8 Å². The lowest BCUT2D eigenvalue weighted by Gasteiger charge is -2.16. The van der Waals surface area contributed by atoms with E-state index in [0.29, 0.717) is 24.6 Å². The highest BCUT2D eigenvalue weighted by Crippen LogP contribution is 2.33. The smallest absolute Gasteiger partial charge is 0.261 e. The summed E-state index contributed by atoms with van der Waals surface area (Å²) in [6.07, 6.45) is 12.7. The fraction of sp³-hybridized carbons (Fsp3) is 0.200. The summed E-state index contributed by atoms with van der Waals surface area (Å²) in [7, 11) is 0. The average molecular weight is 524 g/mol. The molecule has 7 nitrogen and oxygen atoms in total. The number of halogens is 2. The van der Waals surface area contributed by atoms with E-state index in [0.717, 1.165) is 49.8 Å². The van der Waals surface area contributed by atoms with Crippen molar-refractivity contribution in [3.05, 3.63) is 91.1 Å². The summed E-state index contributed by atoms with van der Waals surface area (Å²) in [5, 5.41) is 8.58. The van der Waals surface area contributed by atoms with Crippen molar-refractivity contribution in [1.29, 1.82) is 0 Å². The minimum absolute atomic E-state index is 0.102. The quantitative estimate of drug-likeness (QED) is 0.241. The molecule has 0 radical (unpaired) electrons. The number of hydrogen-bond donors (Lipinski definition) is 2. The Balaban J connectivity index is 1.35. The van der Waals surface area contributed by atoms with Gasteiger partial charge < -0.3 is 4.98 Å². The molecule has 1 fully saturated rings. The van der Waals surface area contributed by atoms with E-state index in [1.807, 2.05) is 43.3 Å². The Kier molecular flexibility index (Phi) is 6.36. The van der Waals surface area contributed by atoms with Crippen molar-refractivity contribution in [2.75, 3.05) is 19.6 Å². The maximum atomic E-state index is 13.7. The van der Waals surface area contributed by atoms with Crippen molar-refractivity contribution in [2.45, 2.75) is 19.3 Å². The Morgan fingerprint density at radius 2 is 2.05 bits per heavy atom. The molecule has 9 heteroatoms. The lowest BCUT2D eigenvalue weighted by molar-refractivity contribution is 0.0131. The van der Waals surface area contributed by atoms with Crippen LogP contribution in [0.1, 0.15) is 18.9 Å². The van der Waals surface area contributed by atoms with E-state index in [9.17, 15) is 8.78 Å². The van der Waals surface area contributed by atoms with Gasteiger partial charge in [-0.3, -0.25) is 20.0 Å². The van der Waals surface area contributed by atoms with Crippen LogP contribution in [-0.4, -0.2) is 60.6 Å². The van der Waals surface area contributed by atoms with Gasteiger partial charge in [0.25, 0.3) is 5.92 Å². The molecule has 1 saturated heterocycles. The molecule has 5 heterocycles. The molecule has 196 valence electrons. The lowest BCUT2D eigenvalue weighted by Crippen LogP contribution is -2.26. The largest absolute Gasteiger partial charge is 0.335 e. The van der Waals surface area contributed by atoms with Crippen LogP contribution >= 0.6 is 0 Å². The molecular weight excluding hydrogens is 496 g/mol. The lowest BCUT2D eigenvalue weighted by atomic mass is 10.00. The second-order valence-electron chi connectivity index (χ2n) is 9.73. The zero-order valence-electron chi connectivity index (χ0n) is 21.5. The normalized spacial score (nSPS) is 16.4. The predicted molar refractivity (Wildman–Crippen MR) is 150 cm³/mol. The fourth-order valence-corrected chi connectivity index (χ4v) is 5.05. The highest BCUT2D eigenvalue weighted by Gasteiger charge is 2.37. The monoisotopic (exact) mass is 523 g/mol. The van der Waals surface area contributed by atoms with E-state index in [1.165, 1.54) is 0 Å². The van der Waals surface area contributed by atoms with Crippen LogP contribution in [0.4, 0.5) is 8.78 Å². The van der Waals surface area contributed by atoms with E-state index in [1.54, 1.807) is 35.8 Å². The van der Waals surface area contributed by atoms with Crippen molar-refractivity contribution in [1.82, 2.24) is 35.0 Å². The Labute approximate surface area is 224 Å². The average Bonchev–Trinajstić information content (AvgIpc) is 3.66. The van der Waals surface area contributed by atoms with Crippen LogP contribution < -0.4 is 0 Å². The Bertz CT molecular complexity index is 1730. The Hall–Kier alpha value is -4.50. The molecule has 0 aliphatic carbocycles. The SMILES string of the molecule is C=C/C(=C\C(=C/C)c1ccc2[nH]nc(-c3nc4c(-c5cccnc5)cncc4[nH]3)c2c1)CN1CCC(F)(F)C1. The van der Waals surface area contributed by atoms with E-state index in [2.05, 4.69) is 37.8 Å². The third-order valence-corrected chi connectivity index (χ3v) is 7.06. The number of rotatable bonds is 7. The van der Waals surface area contributed by atoms with Gasteiger partial charge in [-0.1, -0.05) is 36.9 Å². The van der Waals surface area contributed by atoms with Crippen molar-refractivity contribution in [3.8, 4) is 22.6 Å². The molecule has 2 N–H and O–H groups in total. The fourth-order valence-electron chi connectivity index (χ4n) is 5.05. The number of imidazole rings is 1. The number of allylic oxidation sites excluding steroid dienone is 3. The van der Waals surface area contributed by atoms with Gasteiger partial charge in [-0.15, -0.1) is 0 Å². The van der Waals surface area contributed by atoms with E-state index in [4.69, 9.17) is 4.98 Å². The van der Waals surface area contributed by atoms with Crippen LogP contribution in [-0.2, 0) is 0 Å². The van der Waals surface area contributed by atoms with Crippen molar-refractivity contribution in [2.24, 2.45) is 0 Å². The molecule has 4 aromatic heterocycles. The molecule has 5 aromatic rings. The first-order valence-corrected chi connectivity index (χ1v) is 12.8. The van der Waals surface area contributed by atoms with Crippen molar-refractivity contribution in [3.63, 3.8) is 0 Å². The zero-order valence-corrected chi connectivity index (χ0v) is 21.5. The van der Waals surface area contributed by atoms with Crippen LogP contribution in [0.2, 0.25) is 0 Å². The van der Waals surface area contributed by atoms with Crippen molar-refractivity contribution < 1.29 is 8.78 Å². The molecule has 6 rings (SSSR count). The molecule has 1 aliphatic rings. The molecule has 0 atom stereocenters. The number of benzene rings is 1. The first-order chi connectivity index (χ1) is 18.9. The minimum Gasteiger partial charge on any atom is -0.335 e. The molecule has 39 heavy (non-hydrogen) atoms. The molecule has 0 bridgehead atoms. The first-order valence-electron chi connectivity index (χ1n) is 12.8. The number of aromatic nitrogens is 6. The van der Waals surface area contributed by atoms with Gasteiger partial charge >= 0.3 is 0 Å². The van der Waals surface area contributed by atoms with Gasteiger partial charge in [0.2, 0.25) is 0 Å². The van der Waals surface area contributed by atoms with Gasteiger partial charge in [-0.2, -0.15) is 5.10 Å². The summed E-state index contributed by atoms with van der Waals surface area (Å²) in [5.41, 5.74) is 7.83. The summed E-state index contributed by atoms with van der Waals surface area (Å²) >= 11 is 0. The van der Waals surface area contributed by atoms with E-state index >= 15 is 0 Å². The second kappa shape index (κ2) is 9.99. The highest BCUT2D eigenvalue weighted by molar-refractivity contribution is 5.97. The molecular formula is C30H27F2N7. The summed E-state index contributed by atoms with van der Waals surface area (Å²) in [6.45, 7) is 6.47. The molecule has 0 amide bonds. The summed E-state index contributed by atoms with van der Waals surface area (Å²) in [4.78, 5) is 18.6. The van der Waals surface area contributed by atoms with Gasteiger partial charge in [0.15, 0.2) is 5.82 Å². The van der Waals surface area contributed by atoms with Crippen LogP contribution in [0, 0.1) is 0 Å². The van der Waals surface area contributed by atoms with Gasteiger partial charge in [0, 0.05) is 54.6 Å². The summed E-state index contributed by atoms with van der Waals surface area (Å²) in [5.74, 6) is -1.99. The summed E-state index contributed by atoms with van der Waals surface area (Å²) in [6, 6.07) is 9.93. The number of pyridine rings is 2. The van der Waals surface area contributed by atoms with Crippen molar-refractivity contribution >= 4 is 27.5 Å². The predicted octanol–water partition coefficient (Wildman–Crippen LogP) is 6.42. The first kappa shape index (κ1) is 24.8. The molecule has 0 unspecified atom stereocenters. The number of aromatic amines is 2. The third kappa shape index (κ3) is 4.88. The molecule has 1 aliphatic heterocycles. The van der Waals surface area contributed by atoms with Gasteiger partial charge in [-0.25, -0.2) is 13.8 Å². The number of likely N-dealkylation sites (tertiary alicyclic amines) is 1. The number of hydrogen-bond acceptors (Lipinski definition) is 5. The molecule has 0 spiro atoms. The van der Waals surface area contributed by atoms with E-state index < -0.39 is 5.92 Å². The van der Waals surface area contributed by atoms with Crippen LogP contribution in [0.3, 0.4) is 0 Å². The number of nitrogens with zero attached hydrogens (tertiary/aromatic N) is 5. The molecule has 0 saturated carbocycles. The van der Waals surface area contributed by atoms with Gasteiger partial charge in [0.05, 0.1) is 23.8 Å². The number of H-pyrrole nitrogens is 2. The Morgan fingerprint density at radius 1 is 1.15 bits per heavy atom. The standard InChI is InChI=1S/C30H27F2N7/c1-3-19(17-39-11-9-30(31,32)18-39)12-20(4-2)21-7-8-25-23(13-21)28(38-37-25)29-35-26-16-34-15-24(27(26)36-29)22-6-5-10-33-14-22/h3-8,10,12-16H,1,9,11,17-18H2,2H3,(H,35,36)(H,37,38)/b19-12+,20-4+. The number of nitrogens with one attached hydrogen (secondary N) is 2. The van der Waals surface area contributed by atoms with E-state index in [-0.39, 0.29) is 13.0 Å². The topological polar surface area (TPSA) is 86.4 Å². The summed E-state index contributed by atoms with van der Waals surface area (Å²) < 4.78 is 27.4. The van der Waals surface area contributed by atoms with Crippen LogP contribution in [0.25, 0.3) is 50.2 Å². The highest BCUT2D eigenvalue weighted by atomic mass is 19.3. The zero-order chi connectivity index (χ0) is 27.0. The number of alkyl halides is 2. The van der Waals surface area contributed by atoms with Crippen LogP contribution in [0.15, 0.2) is 85.5 Å². The maximum Gasteiger partial charge on any atom is 0.261 e. The minimum atomic E-state index is -2.62. The van der Waals surface area contributed by atoms with Gasteiger partial charge in [0.1, 0.15) is 11.2 Å². The Morgan fingerprint density at radius 3 is 2.79 bits per heavy atom. The second-order valence-corrected chi connectivity index (χ2v) is 9.73. The van der Waals surface area contributed by atoms with Crippen LogP contribution in [0.5, 0.6) is 0 Å².